The van der Waals surface area contributed by atoms with Crippen molar-refractivity contribution >= 4 is 15.9 Å². The van der Waals surface area contributed by atoms with Crippen LogP contribution in [0.25, 0.3) is 0 Å². The number of pyridine rings is 1. The maximum Gasteiger partial charge on any atom is 0.287 e. The molecule has 0 aliphatic heterocycles. The molecule has 1 amide bonds. The van der Waals surface area contributed by atoms with Gasteiger partial charge in [-0.2, -0.15) is 0 Å². The predicted octanol–water partition coefficient (Wildman–Crippen LogP) is 0.162. The third-order valence-corrected chi connectivity index (χ3v) is 3.79. The third-order valence-electron chi connectivity index (χ3n) is 3.01. The minimum absolute atomic E-state index is 0.00825. The van der Waals surface area contributed by atoms with Crippen LogP contribution < -0.4 is 16.0 Å². The molecule has 0 bridgehead atoms. The van der Waals surface area contributed by atoms with E-state index in [0.29, 0.717) is 5.56 Å². The Kier molecular flexibility index (Phi) is 4.20. The number of nitrogens with two attached hydrogens (primary N) is 1. The number of furan rings is 1. The number of sulfonamides is 1. The number of aryl methyl sites for hydroxylation is 2. The number of carbonyl (C=O) groups is 1. The Morgan fingerprint density at radius 1 is 1.36 bits per heavy atom. The zero-order chi connectivity index (χ0) is 16.5. The lowest BCUT2D eigenvalue weighted by molar-refractivity contribution is 0.0917. The Morgan fingerprint density at radius 2 is 2.05 bits per heavy atom. The molecule has 2 aromatic rings. The molecule has 0 spiro atoms. The Hall–Kier alpha value is -2.39. The fourth-order valence-electron chi connectivity index (χ4n) is 1.95. The van der Waals surface area contributed by atoms with Gasteiger partial charge in [0.2, 0.25) is 5.09 Å². The van der Waals surface area contributed by atoms with Gasteiger partial charge in [0.15, 0.2) is 5.76 Å². The van der Waals surface area contributed by atoms with E-state index in [2.05, 4.69) is 10.3 Å². The number of aromatic nitrogens is 1. The molecule has 8 nitrogen and oxygen atoms in total. The number of hydrogen-bond acceptors (Lipinski definition) is 5. The first kappa shape index (κ1) is 16.0. The van der Waals surface area contributed by atoms with E-state index in [1.807, 2.05) is 0 Å². The van der Waals surface area contributed by atoms with Crippen LogP contribution in [0.3, 0.4) is 0 Å². The fraction of sp³-hybridized carbons (Fsp3) is 0.231. The molecule has 0 aromatic carbocycles. The van der Waals surface area contributed by atoms with Crippen LogP contribution in [-0.4, -0.2) is 19.3 Å². The monoisotopic (exact) mass is 325 g/mol. The van der Waals surface area contributed by atoms with E-state index in [0.717, 1.165) is 17.3 Å². The van der Waals surface area contributed by atoms with Gasteiger partial charge in [-0.05, 0) is 37.6 Å². The summed E-state index contributed by atoms with van der Waals surface area (Å²) in [5.74, 6) is -0.848. The Bertz CT molecular complexity index is 879. The van der Waals surface area contributed by atoms with Crippen molar-refractivity contribution < 1.29 is 17.6 Å². The summed E-state index contributed by atoms with van der Waals surface area (Å²) in [6.07, 6.45) is 0. The molecule has 22 heavy (non-hydrogen) atoms. The molecule has 0 saturated carbocycles. The first-order chi connectivity index (χ1) is 10.2. The second-order valence-electron chi connectivity index (χ2n) is 4.79. The largest absolute Gasteiger partial charge is 0.438 e. The molecule has 9 heteroatoms. The van der Waals surface area contributed by atoms with Gasteiger partial charge in [-0.3, -0.25) is 9.59 Å². The van der Waals surface area contributed by atoms with Crippen molar-refractivity contribution in [3.8, 4) is 0 Å². The van der Waals surface area contributed by atoms with Crippen LogP contribution >= 0.6 is 0 Å². The van der Waals surface area contributed by atoms with Crippen LogP contribution in [0.1, 0.15) is 27.4 Å². The first-order valence-corrected chi connectivity index (χ1v) is 7.83. The van der Waals surface area contributed by atoms with Gasteiger partial charge in [-0.1, -0.05) is 0 Å². The minimum Gasteiger partial charge on any atom is -0.438 e. The summed E-state index contributed by atoms with van der Waals surface area (Å²) >= 11 is 0. The number of primary sulfonamides is 1. The van der Waals surface area contributed by atoms with E-state index in [-0.39, 0.29) is 17.9 Å². The lowest BCUT2D eigenvalue weighted by atomic mass is 10.1. The van der Waals surface area contributed by atoms with Crippen molar-refractivity contribution in [3.05, 3.63) is 51.1 Å². The van der Waals surface area contributed by atoms with Gasteiger partial charge in [-0.25, -0.2) is 13.6 Å². The van der Waals surface area contributed by atoms with Crippen LogP contribution in [0.15, 0.2) is 32.5 Å². The molecule has 2 heterocycles. The molecule has 0 atom stereocenters. The molecule has 0 unspecified atom stereocenters. The van der Waals surface area contributed by atoms with Crippen LogP contribution in [-0.2, 0) is 16.6 Å². The average molecular weight is 325 g/mol. The summed E-state index contributed by atoms with van der Waals surface area (Å²) in [6.45, 7) is 3.51. The van der Waals surface area contributed by atoms with Crippen LogP contribution in [0.5, 0.6) is 0 Å². The van der Waals surface area contributed by atoms with Crippen molar-refractivity contribution in [2.45, 2.75) is 25.5 Å². The van der Waals surface area contributed by atoms with E-state index >= 15 is 0 Å². The summed E-state index contributed by atoms with van der Waals surface area (Å²) in [7, 11) is -4.00. The zero-order valence-electron chi connectivity index (χ0n) is 12.0. The van der Waals surface area contributed by atoms with E-state index in [1.165, 1.54) is 6.07 Å². The van der Waals surface area contributed by atoms with Crippen LogP contribution in [0.4, 0.5) is 0 Å². The molecular weight excluding hydrogens is 310 g/mol. The summed E-state index contributed by atoms with van der Waals surface area (Å²) in [4.78, 5) is 26.4. The number of nitrogens with one attached hydrogen (secondary N) is 2. The second-order valence-corrected chi connectivity index (χ2v) is 6.28. The number of amides is 1. The summed E-state index contributed by atoms with van der Waals surface area (Å²) < 4.78 is 27.0. The maximum atomic E-state index is 11.9. The van der Waals surface area contributed by atoms with E-state index in [9.17, 15) is 18.0 Å². The van der Waals surface area contributed by atoms with Crippen molar-refractivity contribution in [1.29, 1.82) is 0 Å². The smallest absolute Gasteiger partial charge is 0.287 e. The number of carbonyl (C=O) groups excluding carboxylic acids is 1. The van der Waals surface area contributed by atoms with E-state index in [1.54, 1.807) is 19.9 Å². The zero-order valence-corrected chi connectivity index (χ0v) is 12.8. The van der Waals surface area contributed by atoms with Crippen LogP contribution in [0, 0.1) is 13.8 Å². The highest BCUT2D eigenvalue weighted by Crippen LogP contribution is 2.12. The first-order valence-electron chi connectivity index (χ1n) is 6.28. The van der Waals surface area contributed by atoms with E-state index in [4.69, 9.17) is 9.56 Å². The molecule has 0 aliphatic carbocycles. The highest BCUT2D eigenvalue weighted by atomic mass is 32.2. The maximum absolute atomic E-state index is 11.9. The number of H-pyrrole nitrogens is 1. The van der Waals surface area contributed by atoms with Gasteiger partial charge in [0.1, 0.15) is 0 Å². The van der Waals surface area contributed by atoms with Crippen molar-refractivity contribution in [2.75, 3.05) is 0 Å². The quantitative estimate of drug-likeness (QED) is 0.736. The number of rotatable bonds is 4. The van der Waals surface area contributed by atoms with E-state index < -0.39 is 21.0 Å². The average Bonchev–Trinajstić information content (AvgIpc) is 2.86. The highest BCUT2D eigenvalue weighted by Gasteiger charge is 2.17. The van der Waals surface area contributed by atoms with Gasteiger partial charge < -0.3 is 14.7 Å². The molecule has 2 rings (SSSR count). The predicted molar refractivity (Wildman–Crippen MR) is 77.8 cm³/mol. The van der Waals surface area contributed by atoms with Gasteiger partial charge >= 0.3 is 0 Å². The highest BCUT2D eigenvalue weighted by molar-refractivity contribution is 7.89. The topological polar surface area (TPSA) is 135 Å². The molecule has 4 N–H and O–H groups in total. The molecule has 0 aliphatic rings. The standard InChI is InChI=1S/C13H15N3O5S/c1-7-5-8(2)16-12(17)9(7)6-15-13(18)10-3-4-11(21-10)22(14,19)20/h3-5H,6H2,1-2H3,(H,15,18)(H,16,17)(H2,14,19,20). The molecule has 0 saturated heterocycles. The Morgan fingerprint density at radius 3 is 2.59 bits per heavy atom. The van der Waals surface area contributed by atoms with Crippen molar-refractivity contribution in [3.63, 3.8) is 0 Å². The van der Waals surface area contributed by atoms with Gasteiger partial charge in [0.05, 0.1) is 0 Å². The molecular formula is C13H15N3O5S. The summed E-state index contributed by atoms with van der Waals surface area (Å²) in [6, 6.07) is 4.07. The van der Waals surface area contributed by atoms with Gasteiger partial charge in [0.25, 0.3) is 21.5 Å². The third kappa shape index (κ3) is 3.43. The lowest BCUT2D eigenvalue weighted by Crippen LogP contribution is -2.27. The van der Waals surface area contributed by atoms with Gasteiger partial charge in [0, 0.05) is 17.8 Å². The van der Waals surface area contributed by atoms with Crippen LogP contribution in [0.2, 0.25) is 0 Å². The SMILES string of the molecule is Cc1cc(C)c(CNC(=O)c2ccc(S(N)(=O)=O)o2)c(=O)[nH]1. The molecule has 0 radical (unpaired) electrons. The minimum atomic E-state index is -4.00. The van der Waals surface area contributed by atoms with Gasteiger partial charge in [-0.15, -0.1) is 0 Å². The molecule has 0 fully saturated rings. The Labute approximate surface area is 126 Å². The summed E-state index contributed by atoms with van der Waals surface area (Å²) in [5, 5.41) is 6.89. The second kappa shape index (κ2) is 5.78. The lowest BCUT2D eigenvalue weighted by Gasteiger charge is -2.07. The summed E-state index contributed by atoms with van der Waals surface area (Å²) in [5.41, 5.74) is 1.59. The Balaban J connectivity index is 2.14. The molecule has 2 aromatic heterocycles. The number of hydrogen-bond donors (Lipinski definition) is 3. The molecule has 118 valence electrons. The van der Waals surface area contributed by atoms with Crippen molar-refractivity contribution in [2.24, 2.45) is 5.14 Å². The number of aromatic amines is 1. The normalized spacial score (nSPS) is 11.4. The fourth-order valence-corrected chi connectivity index (χ4v) is 2.42. The van der Waals surface area contributed by atoms with Crippen molar-refractivity contribution in [1.82, 2.24) is 10.3 Å².